The number of hydrogen-bond donors (Lipinski definition) is 2. The summed E-state index contributed by atoms with van der Waals surface area (Å²) in [5, 5.41) is 20.4. The Balaban J connectivity index is 2.27. The number of fused-ring (bicyclic) bond motifs is 1. The molecule has 4 heteroatoms. The number of aliphatic hydroxyl groups is 2. The average Bonchev–Trinajstić information content (AvgIpc) is 2.70. The van der Waals surface area contributed by atoms with Crippen molar-refractivity contribution in [2.24, 2.45) is 0 Å². The summed E-state index contributed by atoms with van der Waals surface area (Å²) in [6.45, 7) is -0.543. The molecule has 2 aromatic rings. The van der Waals surface area contributed by atoms with E-state index in [1.165, 1.54) is 0 Å². The lowest BCUT2D eigenvalue weighted by molar-refractivity contribution is -0.0819. The zero-order valence-corrected chi connectivity index (χ0v) is 10.2. The molecule has 0 aromatic heterocycles. The van der Waals surface area contributed by atoms with Gasteiger partial charge in [-0.15, -0.1) is 0 Å². The molecule has 0 saturated carbocycles. The first-order chi connectivity index (χ1) is 9.19. The van der Waals surface area contributed by atoms with E-state index in [1.807, 2.05) is 6.07 Å². The molecule has 1 atom stereocenters. The van der Waals surface area contributed by atoms with E-state index in [0.717, 1.165) is 4.90 Å². The molecule has 3 rings (SSSR count). The smallest absolute Gasteiger partial charge is 0.258 e. The van der Waals surface area contributed by atoms with Crippen molar-refractivity contribution in [1.82, 2.24) is 4.90 Å². The maximum absolute atomic E-state index is 12.2. The largest absolute Gasteiger partial charge is 0.376 e. The van der Waals surface area contributed by atoms with E-state index in [9.17, 15) is 15.0 Å². The topological polar surface area (TPSA) is 60.8 Å². The van der Waals surface area contributed by atoms with Gasteiger partial charge in [-0.05, 0) is 6.07 Å². The van der Waals surface area contributed by atoms with E-state index < -0.39 is 12.5 Å². The number of benzene rings is 2. The second-order valence-electron chi connectivity index (χ2n) is 4.46. The Labute approximate surface area is 110 Å². The van der Waals surface area contributed by atoms with Crippen LogP contribution in [0, 0.1) is 0 Å². The Morgan fingerprint density at radius 1 is 1.00 bits per heavy atom. The molecule has 2 N–H and O–H groups in total. The number of carbonyl (C=O) groups is 1. The summed E-state index contributed by atoms with van der Waals surface area (Å²) >= 11 is 0. The molecule has 19 heavy (non-hydrogen) atoms. The van der Waals surface area contributed by atoms with Gasteiger partial charge in [-0.2, -0.15) is 0 Å². The fourth-order valence-electron chi connectivity index (χ4n) is 2.56. The Bertz CT molecular complexity index is 626. The van der Waals surface area contributed by atoms with Crippen LogP contribution in [0.4, 0.5) is 0 Å². The summed E-state index contributed by atoms with van der Waals surface area (Å²) in [7, 11) is 0. The van der Waals surface area contributed by atoms with Crippen molar-refractivity contribution in [3.63, 3.8) is 0 Å². The molecule has 0 saturated heterocycles. The third kappa shape index (κ3) is 1.51. The molecule has 1 aliphatic rings. The van der Waals surface area contributed by atoms with Gasteiger partial charge in [-0.3, -0.25) is 9.69 Å². The lowest BCUT2D eigenvalue weighted by atomic mass is 9.94. The van der Waals surface area contributed by atoms with E-state index in [-0.39, 0.29) is 5.91 Å². The van der Waals surface area contributed by atoms with Crippen molar-refractivity contribution in [2.75, 3.05) is 6.73 Å². The highest BCUT2D eigenvalue weighted by molar-refractivity contribution is 6.00. The third-order valence-electron chi connectivity index (χ3n) is 3.49. The molecule has 1 unspecified atom stereocenters. The van der Waals surface area contributed by atoms with Gasteiger partial charge in [0.25, 0.3) is 5.91 Å². The van der Waals surface area contributed by atoms with Crippen molar-refractivity contribution >= 4 is 5.91 Å². The van der Waals surface area contributed by atoms with Crippen molar-refractivity contribution in [3.05, 3.63) is 71.3 Å². The second-order valence-corrected chi connectivity index (χ2v) is 4.46. The van der Waals surface area contributed by atoms with E-state index in [1.54, 1.807) is 48.5 Å². The van der Waals surface area contributed by atoms with Crippen LogP contribution >= 0.6 is 0 Å². The summed E-state index contributed by atoms with van der Waals surface area (Å²) in [4.78, 5) is 13.3. The van der Waals surface area contributed by atoms with Gasteiger partial charge in [0.15, 0.2) is 5.72 Å². The Hall–Kier alpha value is -2.17. The zero-order chi connectivity index (χ0) is 13.5. The summed E-state index contributed by atoms with van der Waals surface area (Å²) in [6, 6.07) is 15.7. The van der Waals surface area contributed by atoms with Gasteiger partial charge >= 0.3 is 0 Å². The second kappa shape index (κ2) is 4.19. The highest BCUT2D eigenvalue weighted by atomic mass is 16.3. The average molecular weight is 255 g/mol. The van der Waals surface area contributed by atoms with Gasteiger partial charge in [-0.1, -0.05) is 48.5 Å². The fourth-order valence-corrected chi connectivity index (χ4v) is 2.56. The monoisotopic (exact) mass is 255 g/mol. The quantitative estimate of drug-likeness (QED) is 0.850. The first kappa shape index (κ1) is 11.9. The fraction of sp³-hybridized carbons (Fsp3) is 0.133. The molecule has 0 bridgehead atoms. The molecule has 1 aliphatic heterocycles. The number of carbonyl (C=O) groups excluding carboxylic acids is 1. The van der Waals surface area contributed by atoms with E-state index in [0.29, 0.717) is 16.7 Å². The van der Waals surface area contributed by atoms with Gasteiger partial charge in [0.2, 0.25) is 0 Å². The maximum atomic E-state index is 12.2. The molecule has 0 radical (unpaired) electrons. The number of amides is 1. The van der Waals surface area contributed by atoms with Crippen LogP contribution in [0.1, 0.15) is 21.5 Å². The molecule has 4 nitrogen and oxygen atoms in total. The van der Waals surface area contributed by atoms with Crippen LogP contribution in [0.25, 0.3) is 0 Å². The molecule has 0 spiro atoms. The number of aliphatic hydroxyl groups excluding tert-OH is 1. The third-order valence-corrected chi connectivity index (χ3v) is 3.49. The maximum Gasteiger partial charge on any atom is 0.258 e. The van der Waals surface area contributed by atoms with Crippen LogP contribution in [0.2, 0.25) is 0 Å². The highest BCUT2D eigenvalue weighted by Crippen LogP contribution is 2.41. The van der Waals surface area contributed by atoms with E-state index in [4.69, 9.17) is 0 Å². The Morgan fingerprint density at radius 3 is 2.32 bits per heavy atom. The zero-order valence-electron chi connectivity index (χ0n) is 10.2. The summed E-state index contributed by atoms with van der Waals surface area (Å²) in [6.07, 6.45) is 0. The SMILES string of the molecule is O=C1c2ccccc2C(O)(c2ccccc2)N1CO. The predicted octanol–water partition coefficient (Wildman–Crippen LogP) is 1.29. The highest BCUT2D eigenvalue weighted by Gasteiger charge is 2.49. The summed E-state index contributed by atoms with van der Waals surface area (Å²) < 4.78 is 0. The molecular formula is C15H13NO3. The van der Waals surface area contributed by atoms with Crippen LogP contribution in [0.3, 0.4) is 0 Å². The van der Waals surface area contributed by atoms with Crippen molar-refractivity contribution in [1.29, 1.82) is 0 Å². The predicted molar refractivity (Wildman–Crippen MR) is 69.1 cm³/mol. The molecular weight excluding hydrogens is 242 g/mol. The normalized spacial score (nSPS) is 21.6. The van der Waals surface area contributed by atoms with Crippen molar-refractivity contribution < 1.29 is 15.0 Å². The standard InChI is InChI=1S/C15H13NO3/c17-10-16-14(18)12-8-4-5-9-13(12)15(16,19)11-6-2-1-3-7-11/h1-9,17,19H,10H2. The molecule has 0 fully saturated rings. The van der Waals surface area contributed by atoms with E-state index in [2.05, 4.69) is 0 Å². The van der Waals surface area contributed by atoms with Gasteiger partial charge < -0.3 is 10.2 Å². The molecule has 1 heterocycles. The van der Waals surface area contributed by atoms with Crippen LogP contribution in [-0.2, 0) is 5.72 Å². The van der Waals surface area contributed by atoms with Gasteiger partial charge in [0, 0.05) is 16.7 Å². The molecule has 0 aliphatic carbocycles. The van der Waals surface area contributed by atoms with Gasteiger partial charge in [-0.25, -0.2) is 0 Å². The Morgan fingerprint density at radius 2 is 1.63 bits per heavy atom. The van der Waals surface area contributed by atoms with Crippen LogP contribution in [0.15, 0.2) is 54.6 Å². The number of rotatable bonds is 2. The summed E-state index contributed by atoms with van der Waals surface area (Å²) in [5.41, 5.74) is -0.130. The van der Waals surface area contributed by atoms with E-state index >= 15 is 0 Å². The van der Waals surface area contributed by atoms with Crippen LogP contribution in [-0.4, -0.2) is 27.8 Å². The van der Waals surface area contributed by atoms with Gasteiger partial charge in [0.1, 0.15) is 6.73 Å². The first-order valence-corrected chi connectivity index (χ1v) is 6.00. The lowest BCUT2D eigenvalue weighted by Gasteiger charge is -2.33. The number of hydrogen-bond acceptors (Lipinski definition) is 3. The van der Waals surface area contributed by atoms with Gasteiger partial charge in [0.05, 0.1) is 0 Å². The Kier molecular flexibility index (Phi) is 2.62. The molecule has 1 amide bonds. The minimum Gasteiger partial charge on any atom is -0.376 e. The minimum absolute atomic E-state index is 0.371. The summed E-state index contributed by atoms with van der Waals surface area (Å²) in [5.74, 6) is -0.371. The van der Waals surface area contributed by atoms with Crippen LogP contribution < -0.4 is 0 Å². The van der Waals surface area contributed by atoms with Crippen LogP contribution in [0.5, 0.6) is 0 Å². The molecule has 2 aromatic carbocycles. The first-order valence-electron chi connectivity index (χ1n) is 6.00. The minimum atomic E-state index is -1.61. The van der Waals surface area contributed by atoms with Crippen molar-refractivity contribution in [2.45, 2.75) is 5.72 Å². The lowest BCUT2D eigenvalue weighted by Crippen LogP contribution is -2.45. The number of nitrogens with zero attached hydrogens (tertiary/aromatic N) is 1. The van der Waals surface area contributed by atoms with Crippen molar-refractivity contribution in [3.8, 4) is 0 Å². The molecule has 96 valence electrons.